The van der Waals surface area contributed by atoms with E-state index in [-0.39, 0.29) is 23.1 Å². The van der Waals surface area contributed by atoms with Crippen molar-refractivity contribution in [2.75, 3.05) is 17.2 Å². The normalized spacial score (nSPS) is 13.2. The molecule has 1 heterocycles. The second-order valence-electron chi connectivity index (χ2n) is 5.41. The van der Waals surface area contributed by atoms with Gasteiger partial charge in [0.15, 0.2) is 0 Å². The molecular formula is C16H17Cl2N3O2. The number of benzene rings is 2. The number of anilines is 2. The maximum Gasteiger partial charge on any atom is 0.288 e. The monoisotopic (exact) mass is 353 g/mol. The molecule has 1 aliphatic rings. The maximum atomic E-state index is 11.0. The first-order valence-electron chi connectivity index (χ1n) is 7.11. The van der Waals surface area contributed by atoms with Crippen LogP contribution < -0.4 is 10.6 Å². The largest absolute Gasteiger partial charge is 0.398 e. The number of nitro benzene ring substituents is 1. The number of nitrogens with two attached hydrogens (primary N) is 1. The number of nitrogen functional groups attached to an aromatic ring is 1. The van der Waals surface area contributed by atoms with Crippen molar-refractivity contribution >= 4 is 41.1 Å². The summed E-state index contributed by atoms with van der Waals surface area (Å²) in [5, 5.41) is 11.2. The molecule has 0 fully saturated rings. The average molecular weight is 354 g/mol. The minimum absolute atomic E-state index is 0. The van der Waals surface area contributed by atoms with Gasteiger partial charge in [0.2, 0.25) is 0 Å². The van der Waals surface area contributed by atoms with E-state index >= 15 is 0 Å². The van der Waals surface area contributed by atoms with Gasteiger partial charge >= 0.3 is 0 Å². The fraction of sp³-hybridized carbons (Fsp3) is 0.250. The number of nitrogens with zero attached hydrogens (tertiary/aromatic N) is 2. The van der Waals surface area contributed by atoms with Crippen molar-refractivity contribution < 1.29 is 4.92 Å². The van der Waals surface area contributed by atoms with Crippen molar-refractivity contribution in [3.8, 4) is 0 Å². The molecule has 3 rings (SSSR count). The zero-order valence-corrected chi connectivity index (χ0v) is 13.9. The first-order valence-corrected chi connectivity index (χ1v) is 7.49. The third-order valence-corrected chi connectivity index (χ3v) is 4.28. The van der Waals surface area contributed by atoms with Gasteiger partial charge in [0.1, 0.15) is 5.02 Å². The number of hydrogen-bond acceptors (Lipinski definition) is 4. The van der Waals surface area contributed by atoms with Crippen molar-refractivity contribution in [1.29, 1.82) is 0 Å². The quantitative estimate of drug-likeness (QED) is 0.509. The fourth-order valence-corrected chi connectivity index (χ4v) is 3.10. The molecule has 0 amide bonds. The first kappa shape index (κ1) is 17.4. The lowest BCUT2D eigenvalue weighted by Gasteiger charge is -2.32. The molecule has 23 heavy (non-hydrogen) atoms. The van der Waals surface area contributed by atoms with E-state index in [4.69, 9.17) is 17.3 Å². The molecule has 0 atom stereocenters. The predicted molar refractivity (Wildman–Crippen MR) is 95.6 cm³/mol. The Kier molecular flexibility index (Phi) is 5.34. The van der Waals surface area contributed by atoms with Gasteiger partial charge in [0, 0.05) is 30.5 Å². The summed E-state index contributed by atoms with van der Waals surface area (Å²) in [4.78, 5) is 12.8. The molecule has 2 aromatic carbocycles. The Bertz CT molecular complexity index is 737. The predicted octanol–water partition coefficient (Wildman–Crippen LogP) is 4.21. The van der Waals surface area contributed by atoms with Gasteiger partial charge in [0.25, 0.3) is 5.69 Å². The van der Waals surface area contributed by atoms with Crippen LogP contribution in [-0.2, 0) is 13.0 Å². The van der Waals surface area contributed by atoms with E-state index in [1.807, 2.05) is 18.2 Å². The molecule has 0 radical (unpaired) electrons. The Morgan fingerprint density at radius 1 is 1.30 bits per heavy atom. The fourth-order valence-electron chi connectivity index (χ4n) is 2.91. The van der Waals surface area contributed by atoms with Crippen molar-refractivity contribution in [2.24, 2.45) is 0 Å². The zero-order valence-electron chi connectivity index (χ0n) is 12.4. The summed E-state index contributed by atoms with van der Waals surface area (Å²) in [7, 11) is 0. The van der Waals surface area contributed by atoms with Gasteiger partial charge in [-0.15, -0.1) is 12.4 Å². The van der Waals surface area contributed by atoms with Crippen LogP contribution in [0.25, 0.3) is 0 Å². The zero-order chi connectivity index (χ0) is 15.7. The third kappa shape index (κ3) is 3.51. The molecule has 0 saturated heterocycles. The Labute approximate surface area is 145 Å². The van der Waals surface area contributed by atoms with Crippen LogP contribution in [-0.4, -0.2) is 11.5 Å². The lowest BCUT2D eigenvalue weighted by Crippen LogP contribution is -2.29. The molecule has 0 saturated carbocycles. The molecule has 122 valence electrons. The summed E-state index contributed by atoms with van der Waals surface area (Å²) in [5.41, 5.74) is 9.95. The highest BCUT2D eigenvalue weighted by Crippen LogP contribution is 2.33. The number of fused-ring (bicyclic) bond motifs is 1. The third-order valence-electron chi connectivity index (χ3n) is 3.96. The van der Waals surface area contributed by atoms with Crippen LogP contribution >= 0.6 is 24.0 Å². The van der Waals surface area contributed by atoms with Gasteiger partial charge < -0.3 is 10.6 Å². The summed E-state index contributed by atoms with van der Waals surface area (Å²) < 4.78 is 0. The maximum absolute atomic E-state index is 11.0. The van der Waals surface area contributed by atoms with Gasteiger partial charge in [-0.2, -0.15) is 0 Å². The molecule has 0 unspecified atom stereocenters. The Morgan fingerprint density at radius 2 is 2.09 bits per heavy atom. The van der Waals surface area contributed by atoms with E-state index in [9.17, 15) is 10.1 Å². The molecule has 1 aliphatic heterocycles. The molecule has 0 spiro atoms. The van der Waals surface area contributed by atoms with Gasteiger partial charge in [0.05, 0.1) is 4.92 Å². The number of halogens is 2. The summed E-state index contributed by atoms with van der Waals surface area (Å²) in [6.07, 6.45) is 2.00. The van der Waals surface area contributed by atoms with Crippen LogP contribution in [0.4, 0.5) is 17.1 Å². The topological polar surface area (TPSA) is 72.4 Å². The Morgan fingerprint density at radius 3 is 2.83 bits per heavy atom. The van der Waals surface area contributed by atoms with Crippen LogP contribution in [0.1, 0.15) is 17.5 Å². The summed E-state index contributed by atoms with van der Waals surface area (Å²) in [5.74, 6) is 0. The number of hydrogen-bond donors (Lipinski definition) is 1. The minimum Gasteiger partial charge on any atom is -0.398 e. The standard InChI is InChI=1S/C16H16ClN3O2.ClH/c17-13-7-6-11(9-16(13)20(21)22)10-19-8-2-3-12-14(18)4-1-5-15(12)19;/h1,4-7,9H,2-3,8,10,18H2;1H. The van der Waals surface area contributed by atoms with E-state index < -0.39 is 4.92 Å². The highest BCUT2D eigenvalue weighted by molar-refractivity contribution is 6.32. The lowest BCUT2D eigenvalue weighted by molar-refractivity contribution is -0.384. The lowest BCUT2D eigenvalue weighted by atomic mass is 9.99. The SMILES string of the molecule is Cl.Nc1cccc2c1CCCN2Cc1ccc(Cl)c([N+](=O)[O-])c1. The van der Waals surface area contributed by atoms with Gasteiger partial charge in [-0.05, 0) is 42.2 Å². The second kappa shape index (κ2) is 7.06. The molecule has 2 N–H and O–H groups in total. The summed E-state index contributed by atoms with van der Waals surface area (Å²) in [6.45, 7) is 1.52. The highest BCUT2D eigenvalue weighted by Gasteiger charge is 2.20. The van der Waals surface area contributed by atoms with Crippen LogP contribution in [0.15, 0.2) is 36.4 Å². The van der Waals surface area contributed by atoms with Crippen molar-refractivity contribution in [1.82, 2.24) is 0 Å². The van der Waals surface area contributed by atoms with Crippen LogP contribution in [0, 0.1) is 10.1 Å². The highest BCUT2D eigenvalue weighted by atomic mass is 35.5. The minimum atomic E-state index is -0.450. The molecule has 5 nitrogen and oxygen atoms in total. The van der Waals surface area contributed by atoms with Crippen LogP contribution in [0.5, 0.6) is 0 Å². The second-order valence-corrected chi connectivity index (χ2v) is 5.82. The first-order chi connectivity index (χ1) is 10.6. The molecule has 0 bridgehead atoms. The van der Waals surface area contributed by atoms with Crippen molar-refractivity contribution in [3.05, 3.63) is 62.7 Å². The Hall–Kier alpha value is -1.98. The van der Waals surface area contributed by atoms with Crippen molar-refractivity contribution in [3.63, 3.8) is 0 Å². The van der Waals surface area contributed by atoms with Gasteiger partial charge in [-0.25, -0.2) is 0 Å². The van der Waals surface area contributed by atoms with E-state index in [2.05, 4.69) is 11.0 Å². The van der Waals surface area contributed by atoms with E-state index in [0.717, 1.165) is 41.9 Å². The summed E-state index contributed by atoms with van der Waals surface area (Å²) in [6, 6.07) is 10.9. The van der Waals surface area contributed by atoms with E-state index in [0.29, 0.717) is 6.54 Å². The smallest absolute Gasteiger partial charge is 0.288 e. The van der Waals surface area contributed by atoms with Crippen LogP contribution in [0.2, 0.25) is 5.02 Å². The van der Waals surface area contributed by atoms with E-state index in [1.165, 1.54) is 0 Å². The Balaban J connectivity index is 0.00000192. The number of nitro groups is 1. The van der Waals surface area contributed by atoms with Crippen molar-refractivity contribution in [2.45, 2.75) is 19.4 Å². The molecule has 2 aromatic rings. The van der Waals surface area contributed by atoms with E-state index in [1.54, 1.807) is 12.1 Å². The molecule has 7 heteroatoms. The van der Waals surface area contributed by atoms with Gasteiger partial charge in [-0.3, -0.25) is 10.1 Å². The summed E-state index contributed by atoms with van der Waals surface area (Å²) >= 11 is 5.86. The average Bonchev–Trinajstić information content (AvgIpc) is 2.50. The van der Waals surface area contributed by atoms with Crippen LogP contribution in [0.3, 0.4) is 0 Å². The van der Waals surface area contributed by atoms with Gasteiger partial charge in [-0.1, -0.05) is 23.7 Å². The number of rotatable bonds is 3. The molecule has 0 aliphatic carbocycles. The molecule has 0 aromatic heterocycles. The molecular weight excluding hydrogens is 337 g/mol.